The van der Waals surface area contributed by atoms with Crippen LogP contribution in [-0.4, -0.2) is 34.2 Å². The molecule has 1 atom stereocenters. The summed E-state index contributed by atoms with van der Waals surface area (Å²) in [6.07, 6.45) is 4.40. The molecular formula is C19H26N4O2. The number of carbonyl (C=O) groups is 2. The van der Waals surface area contributed by atoms with Crippen LogP contribution in [0.5, 0.6) is 0 Å². The van der Waals surface area contributed by atoms with Gasteiger partial charge in [0.15, 0.2) is 0 Å². The van der Waals surface area contributed by atoms with E-state index in [4.69, 9.17) is 0 Å². The van der Waals surface area contributed by atoms with Gasteiger partial charge in [0.1, 0.15) is 6.04 Å². The number of nitrogens with zero attached hydrogens (tertiary/aromatic N) is 2. The van der Waals surface area contributed by atoms with Crippen molar-refractivity contribution in [2.45, 2.75) is 39.8 Å². The zero-order valence-electron chi connectivity index (χ0n) is 15.0. The van der Waals surface area contributed by atoms with Gasteiger partial charge in [-0.25, -0.2) is 0 Å². The van der Waals surface area contributed by atoms with Gasteiger partial charge in [-0.05, 0) is 37.5 Å². The van der Waals surface area contributed by atoms with E-state index in [-0.39, 0.29) is 17.7 Å². The molecule has 2 aromatic rings. The van der Waals surface area contributed by atoms with E-state index in [1.807, 2.05) is 55.9 Å². The first-order valence-electron chi connectivity index (χ1n) is 8.60. The first kappa shape index (κ1) is 18.7. The highest BCUT2D eigenvalue weighted by Crippen LogP contribution is 2.07. The fourth-order valence-corrected chi connectivity index (χ4v) is 2.54. The van der Waals surface area contributed by atoms with Gasteiger partial charge in [-0.1, -0.05) is 31.5 Å². The number of carbonyl (C=O) groups excluding carboxylic acids is 2. The fourth-order valence-electron chi connectivity index (χ4n) is 2.54. The maximum Gasteiger partial charge on any atom is 0.251 e. The molecule has 0 aliphatic heterocycles. The molecule has 0 fully saturated rings. The van der Waals surface area contributed by atoms with Crippen LogP contribution in [0.1, 0.15) is 36.2 Å². The molecule has 2 N–H and O–H groups in total. The number of benzene rings is 1. The van der Waals surface area contributed by atoms with Gasteiger partial charge in [0, 0.05) is 31.0 Å². The molecule has 0 saturated carbocycles. The van der Waals surface area contributed by atoms with Crippen molar-refractivity contribution in [1.82, 2.24) is 20.4 Å². The second kappa shape index (κ2) is 9.01. The molecule has 0 aliphatic carbocycles. The molecule has 6 nitrogen and oxygen atoms in total. The number of amides is 2. The van der Waals surface area contributed by atoms with E-state index in [1.54, 1.807) is 12.3 Å². The summed E-state index contributed by atoms with van der Waals surface area (Å²) in [6, 6.07) is 8.65. The number of aromatic nitrogens is 2. The molecule has 25 heavy (non-hydrogen) atoms. The lowest BCUT2D eigenvalue weighted by Crippen LogP contribution is -2.50. The number of aryl methyl sites for hydroxylation is 2. The normalized spacial score (nSPS) is 12.0. The quantitative estimate of drug-likeness (QED) is 0.722. The van der Waals surface area contributed by atoms with Crippen LogP contribution in [0.25, 0.3) is 0 Å². The van der Waals surface area contributed by atoms with Gasteiger partial charge in [-0.15, -0.1) is 0 Å². The Morgan fingerprint density at radius 2 is 2.04 bits per heavy atom. The smallest absolute Gasteiger partial charge is 0.251 e. The summed E-state index contributed by atoms with van der Waals surface area (Å²) in [5.41, 5.74) is 1.58. The van der Waals surface area contributed by atoms with Crippen LogP contribution < -0.4 is 10.6 Å². The van der Waals surface area contributed by atoms with E-state index >= 15 is 0 Å². The molecule has 0 spiro atoms. The molecule has 134 valence electrons. The van der Waals surface area contributed by atoms with E-state index in [0.717, 1.165) is 18.5 Å². The Morgan fingerprint density at radius 1 is 1.24 bits per heavy atom. The maximum absolute atomic E-state index is 12.4. The third kappa shape index (κ3) is 5.74. The molecule has 2 rings (SSSR count). The van der Waals surface area contributed by atoms with Crippen LogP contribution in [0.2, 0.25) is 0 Å². The van der Waals surface area contributed by atoms with Gasteiger partial charge in [0.25, 0.3) is 5.91 Å². The first-order chi connectivity index (χ1) is 12.0. The Hall–Kier alpha value is -2.63. The predicted molar refractivity (Wildman–Crippen MR) is 97.1 cm³/mol. The first-order valence-corrected chi connectivity index (χ1v) is 8.60. The number of hydrogen-bond donors (Lipinski definition) is 2. The number of nitrogens with one attached hydrogen (secondary N) is 2. The van der Waals surface area contributed by atoms with Crippen molar-refractivity contribution >= 4 is 11.8 Å². The molecular weight excluding hydrogens is 316 g/mol. The summed E-state index contributed by atoms with van der Waals surface area (Å²) in [7, 11) is 0. The highest BCUT2D eigenvalue weighted by molar-refractivity contribution is 5.97. The fraction of sp³-hybridized carbons (Fsp3) is 0.421. The van der Waals surface area contributed by atoms with Gasteiger partial charge < -0.3 is 10.6 Å². The monoisotopic (exact) mass is 342 g/mol. The van der Waals surface area contributed by atoms with Gasteiger partial charge >= 0.3 is 0 Å². The molecule has 0 radical (unpaired) electrons. The van der Waals surface area contributed by atoms with Crippen LogP contribution in [0.15, 0.2) is 42.7 Å². The van der Waals surface area contributed by atoms with Crippen LogP contribution >= 0.6 is 0 Å². The average molecular weight is 342 g/mol. The maximum atomic E-state index is 12.4. The zero-order valence-corrected chi connectivity index (χ0v) is 15.0. The van der Waals surface area contributed by atoms with E-state index in [1.165, 1.54) is 0 Å². The van der Waals surface area contributed by atoms with Crippen molar-refractivity contribution in [3.8, 4) is 0 Å². The Balaban J connectivity index is 1.86. The average Bonchev–Trinajstić information content (AvgIpc) is 3.09. The van der Waals surface area contributed by atoms with E-state index < -0.39 is 6.04 Å². The van der Waals surface area contributed by atoms with Gasteiger partial charge in [-0.2, -0.15) is 5.10 Å². The highest BCUT2D eigenvalue weighted by Gasteiger charge is 2.24. The number of hydrogen-bond acceptors (Lipinski definition) is 3. The standard InChI is InChI=1S/C19H26N4O2/c1-14(2)17(22-18(24)16-8-4-7-15(3)13-16)19(25)20-9-5-11-23-12-6-10-21-23/h4,6-8,10,12-14,17H,5,9,11H2,1-3H3,(H,20,25)(H,22,24). The van der Waals surface area contributed by atoms with Crippen molar-refractivity contribution in [1.29, 1.82) is 0 Å². The topological polar surface area (TPSA) is 76.0 Å². The Bertz CT molecular complexity index is 695. The Kier molecular flexibility index (Phi) is 6.74. The SMILES string of the molecule is Cc1cccc(C(=O)NC(C(=O)NCCCn2cccn2)C(C)C)c1. The molecule has 1 heterocycles. The van der Waals surface area contributed by atoms with Crippen LogP contribution in [0, 0.1) is 12.8 Å². The van der Waals surface area contributed by atoms with Crippen molar-refractivity contribution < 1.29 is 9.59 Å². The molecule has 1 aromatic carbocycles. The summed E-state index contributed by atoms with van der Waals surface area (Å²) in [5.74, 6) is -0.384. The van der Waals surface area contributed by atoms with E-state index in [0.29, 0.717) is 12.1 Å². The van der Waals surface area contributed by atoms with Crippen molar-refractivity contribution in [3.63, 3.8) is 0 Å². The van der Waals surface area contributed by atoms with Gasteiger partial charge in [0.2, 0.25) is 5.91 Å². The predicted octanol–water partition coefficient (Wildman–Crippen LogP) is 2.15. The molecule has 1 aromatic heterocycles. The second-order valence-corrected chi connectivity index (χ2v) is 6.48. The number of rotatable bonds is 8. The van der Waals surface area contributed by atoms with Crippen LogP contribution in [0.3, 0.4) is 0 Å². The molecule has 2 amide bonds. The lowest BCUT2D eigenvalue weighted by Gasteiger charge is -2.22. The molecule has 0 aliphatic rings. The summed E-state index contributed by atoms with van der Waals surface area (Å²) < 4.78 is 1.82. The summed E-state index contributed by atoms with van der Waals surface area (Å²) >= 11 is 0. The minimum absolute atomic E-state index is 0.000116. The Morgan fingerprint density at radius 3 is 2.68 bits per heavy atom. The van der Waals surface area contributed by atoms with E-state index in [9.17, 15) is 9.59 Å². The van der Waals surface area contributed by atoms with Crippen molar-refractivity contribution in [2.75, 3.05) is 6.54 Å². The van der Waals surface area contributed by atoms with Crippen molar-refractivity contribution in [2.24, 2.45) is 5.92 Å². The molecule has 0 bridgehead atoms. The zero-order chi connectivity index (χ0) is 18.2. The van der Waals surface area contributed by atoms with Gasteiger partial charge in [-0.3, -0.25) is 14.3 Å². The minimum atomic E-state index is -0.558. The lowest BCUT2D eigenvalue weighted by molar-refractivity contribution is -0.123. The Labute approximate surface area is 148 Å². The summed E-state index contributed by atoms with van der Waals surface area (Å²) in [5, 5.41) is 9.87. The largest absolute Gasteiger partial charge is 0.354 e. The summed E-state index contributed by atoms with van der Waals surface area (Å²) in [6.45, 7) is 7.07. The van der Waals surface area contributed by atoms with Crippen LogP contribution in [0.4, 0.5) is 0 Å². The third-order valence-corrected chi connectivity index (χ3v) is 3.94. The lowest BCUT2D eigenvalue weighted by atomic mass is 10.0. The van der Waals surface area contributed by atoms with E-state index in [2.05, 4.69) is 15.7 Å². The highest BCUT2D eigenvalue weighted by atomic mass is 16.2. The molecule has 6 heteroatoms. The van der Waals surface area contributed by atoms with Crippen LogP contribution in [-0.2, 0) is 11.3 Å². The summed E-state index contributed by atoms with van der Waals surface area (Å²) in [4.78, 5) is 24.8. The van der Waals surface area contributed by atoms with Crippen molar-refractivity contribution in [3.05, 3.63) is 53.9 Å². The molecule has 0 saturated heterocycles. The second-order valence-electron chi connectivity index (χ2n) is 6.48. The minimum Gasteiger partial charge on any atom is -0.354 e. The molecule has 1 unspecified atom stereocenters. The van der Waals surface area contributed by atoms with Gasteiger partial charge in [0.05, 0.1) is 0 Å². The third-order valence-electron chi connectivity index (χ3n) is 3.94.